The van der Waals surface area contributed by atoms with E-state index >= 15 is 0 Å². The molecule has 0 aromatic carbocycles. The number of rotatable bonds is 11. The smallest absolute Gasteiger partial charge is 0.123 e. The van der Waals surface area contributed by atoms with Gasteiger partial charge in [-0.05, 0) is 56.3 Å². The first-order valence-electron chi connectivity index (χ1n) is 11.3. The van der Waals surface area contributed by atoms with Crippen molar-refractivity contribution in [2.45, 2.75) is 116 Å². The Labute approximate surface area is 151 Å². The molecule has 1 heteroatoms. The number of hydrogen-bond acceptors (Lipinski definition) is 1. The second-order valence-corrected chi connectivity index (χ2v) is 8.86. The lowest BCUT2D eigenvalue weighted by Crippen LogP contribution is -2.26. The molecule has 140 valence electrons. The van der Waals surface area contributed by atoms with E-state index in [-0.39, 0.29) is 0 Å². The highest BCUT2D eigenvalue weighted by Gasteiger charge is 2.30. The molecule has 2 saturated carbocycles. The fourth-order valence-electron chi connectivity index (χ4n) is 5.27. The topological polar surface area (TPSA) is 17.1 Å². The van der Waals surface area contributed by atoms with Gasteiger partial charge in [0.05, 0.1) is 0 Å². The van der Waals surface area contributed by atoms with E-state index in [1.54, 1.807) is 0 Å². The molecule has 2 fully saturated rings. The van der Waals surface area contributed by atoms with Crippen LogP contribution >= 0.6 is 0 Å². The predicted molar refractivity (Wildman–Crippen MR) is 104 cm³/mol. The number of hydrogen-bond donors (Lipinski definition) is 0. The van der Waals surface area contributed by atoms with Gasteiger partial charge < -0.3 is 4.79 Å². The lowest BCUT2D eigenvalue weighted by atomic mass is 9.69. The summed E-state index contributed by atoms with van der Waals surface area (Å²) in [7, 11) is 0. The Bertz CT molecular complexity index is 308. The highest BCUT2D eigenvalue weighted by atomic mass is 16.1. The van der Waals surface area contributed by atoms with Crippen LogP contribution in [0.3, 0.4) is 0 Å². The van der Waals surface area contributed by atoms with Crippen molar-refractivity contribution in [3.05, 3.63) is 0 Å². The zero-order chi connectivity index (χ0) is 17.0. The number of carbonyl (C=O) groups is 1. The first kappa shape index (κ1) is 20.0. The predicted octanol–water partition coefficient (Wildman–Crippen LogP) is 7.33. The van der Waals surface area contributed by atoms with Crippen molar-refractivity contribution in [3.63, 3.8) is 0 Å². The molecule has 0 N–H and O–H groups in total. The summed E-state index contributed by atoms with van der Waals surface area (Å²) < 4.78 is 0. The molecule has 0 radical (unpaired) electrons. The zero-order valence-electron chi connectivity index (χ0n) is 16.3. The Hall–Kier alpha value is -0.330. The molecule has 24 heavy (non-hydrogen) atoms. The van der Waals surface area contributed by atoms with Crippen LogP contribution in [0.4, 0.5) is 0 Å². The van der Waals surface area contributed by atoms with E-state index in [9.17, 15) is 4.79 Å². The lowest BCUT2D eigenvalue weighted by molar-refractivity contribution is -0.112. The normalized spacial score (nSPS) is 31.0. The van der Waals surface area contributed by atoms with Crippen LogP contribution in [0, 0.1) is 23.7 Å². The van der Waals surface area contributed by atoms with Gasteiger partial charge in [-0.15, -0.1) is 0 Å². The quantitative estimate of drug-likeness (QED) is 0.285. The summed E-state index contributed by atoms with van der Waals surface area (Å²) in [6.45, 7) is 2.30. The van der Waals surface area contributed by atoms with E-state index in [1.807, 2.05) is 0 Å². The van der Waals surface area contributed by atoms with Crippen molar-refractivity contribution >= 4 is 6.29 Å². The largest absolute Gasteiger partial charge is 0.303 e. The Morgan fingerprint density at radius 3 is 1.71 bits per heavy atom. The van der Waals surface area contributed by atoms with Crippen molar-refractivity contribution in [2.75, 3.05) is 0 Å². The third kappa shape index (κ3) is 7.28. The Kier molecular flexibility index (Phi) is 10.1. The molecule has 2 aliphatic carbocycles. The van der Waals surface area contributed by atoms with Gasteiger partial charge in [0, 0.05) is 5.92 Å². The molecule has 0 atom stereocenters. The number of aldehydes is 1. The molecule has 0 unspecified atom stereocenters. The minimum Gasteiger partial charge on any atom is -0.303 e. The van der Waals surface area contributed by atoms with Gasteiger partial charge in [0.1, 0.15) is 6.29 Å². The molecular formula is C23H42O. The number of carbonyl (C=O) groups excluding carboxylic acids is 1. The first-order valence-corrected chi connectivity index (χ1v) is 11.3. The first-order chi connectivity index (χ1) is 11.8. The SMILES string of the molecule is CCCCCCCCCCC1CCC(C2CCC(C=O)CC2)CC1. The van der Waals surface area contributed by atoms with E-state index in [0.29, 0.717) is 5.92 Å². The molecule has 0 spiro atoms. The van der Waals surface area contributed by atoms with E-state index < -0.39 is 0 Å². The number of unbranched alkanes of at least 4 members (excludes halogenated alkanes) is 7. The Morgan fingerprint density at radius 1 is 0.667 bits per heavy atom. The van der Waals surface area contributed by atoms with Gasteiger partial charge in [-0.3, -0.25) is 0 Å². The molecule has 0 aliphatic heterocycles. The molecular weight excluding hydrogens is 292 g/mol. The monoisotopic (exact) mass is 334 g/mol. The summed E-state index contributed by atoms with van der Waals surface area (Å²) in [4.78, 5) is 10.9. The van der Waals surface area contributed by atoms with E-state index in [1.165, 1.54) is 115 Å². The average molecular weight is 335 g/mol. The summed E-state index contributed by atoms with van der Waals surface area (Å²) >= 11 is 0. The highest BCUT2D eigenvalue weighted by molar-refractivity contribution is 5.53. The van der Waals surface area contributed by atoms with E-state index in [2.05, 4.69) is 6.92 Å². The van der Waals surface area contributed by atoms with Crippen molar-refractivity contribution in [1.29, 1.82) is 0 Å². The third-order valence-corrected chi connectivity index (χ3v) is 7.03. The lowest BCUT2D eigenvalue weighted by Gasteiger charge is -2.37. The van der Waals surface area contributed by atoms with Crippen LogP contribution in [0.5, 0.6) is 0 Å². The second kappa shape index (κ2) is 12.1. The molecule has 1 nitrogen and oxygen atoms in total. The van der Waals surface area contributed by atoms with Crippen LogP contribution in [0.15, 0.2) is 0 Å². The summed E-state index contributed by atoms with van der Waals surface area (Å²) in [5.74, 6) is 3.37. The summed E-state index contributed by atoms with van der Waals surface area (Å²) in [6.07, 6.45) is 25.3. The maximum Gasteiger partial charge on any atom is 0.123 e. The highest BCUT2D eigenvalue weighted by Crippen LogP contribution is 2.42. The average Bonchev–Trinajstić information content (AvgIpc) is 2.64. The van der Waals surface area contributed by atoms with Crippen molar-refractivity contribution in [2.24, 2.45) is 23.7 Å². The minimum absolute atomic E-state index is 0.388. The van der Waals surface area contributed by atoms with Gasteiger partial charge in [0.2, 0.25) is 0 Å². The van der Waals surface area contributed by atoms with E-state index in [4.69, 9.17) is 0 Å². The molecule has 0 heterocycles. The van der Waals surface area contributed by atoms with Crippen LogP contribution in [-0.2, 0) is 4.79 Å². The standard InChI is InChI=1S/C23H42O/c1-2-3-4-5-6-7-8-9-10-20-11-15-22(16-12-20)23-17-13-21(19-24)14-18-23/h19-23H,2-18H2,1H3. The van der Waals surface area contributed by atoms with Crippen LogP contribution in [0.25, 0.3) is 0 Å². The van der Waals surface area contributed by atoms with E-state index in [0.717, 1.165) is 17.8 Å². The molecule has 0 saturated heterocycles. The third-order valence-electron chi connectivity index (χ3n) is 7.03. The van der Waals surface area contributed by atoms with Gasteiger partial charge in [0.25, 0.3) is 0 Å². The van der Waals surface area contributed by atoms with Crippen molar-refractivity contribution in [1.82, 2.24) is 0 Å². The molecule has 0 bridgehead atoms. The fourth-order valence-corrected chi connectivity index (χ4v) is 5.27. The molecule has 2 aliphatic rings. The van der Waals surface area contributed by atoms with Gasteiger partial charge in [0.15, 0.2) is 0 Å². The minimum atomic E-state index is 0.388. The maximum absolute atomic E-state index is 10.9. The Balaban J connectivity index is 1.47. The van der Waals surface area contributed by atoms with Crippen LogP contribution in [-0.4, -0.2) is 6.29 Å². The zero-order valence-corrected chi connectivity index (χ0v) is 16.3. The van der Waals surface area contributed by atoms with Gasteiger partial charge in [-0.25, -0.2) is 0 Å². The van der Waals surface area contributed by atoms with Crippen molar-refractivity contribution < 1.29 is 4.79 Å². The van der Waals surface area contributed by atoms with Crippen LogP contribution < -0.4 is 0 Å². The van der Waals surface area contributed by atoms with Crippen molar-refractivity contribution in [3.8, 4) is 0 Å². The van der Waals surface area contributed by atoms with Gasteiger partial charge >= 0.3 is 0 Å². The molecule has 0 amide bonds. The molecule has 0 aromatic rings. The molecule has 2 rings (SSSR count). The summed E-state index contributed by atoms with van der Waals surface area (Å²) in [5, 5.41) is 0. The maximum atomic E-state index is 10.9. The van der Waals surface area contributed by atoms with Crippen LogP contribution in [0.2, 0.25) is 0 Å². The fraction of sp³-hybridized carbons (Fsp3) is 0.957. The second-order valence-electron chi connectivity index (χ2n) is 8.86. The Morgan fingerprint density at radius 2 is 1.17 bits per heavy atom. The van der Waals surface area contributed by atoms with Gasteiger partial charge in [-0.1, -0.05) is 77.6 Å². The summed E-state index contributed by atoms with van der Waals surface area (Å²) in [5.41, 5.74) is 0. The van der Waals surface area contributed by atoms with Gasteiger partial charge in [-0.2, -0.15) is 0 Å². The van der Waals surface area contributed by atoms with Crippen LogP contribution in [0.1, 0.15) is 116 Å². The molecule has 0 aromatic heterocycles. The summed E-state index contributed by atoms with van der Waals surface area (Å²) in [6, 6.07) is 0.